The minimum Gasteiger partial charge on any atom is -0.481 e. The Morgan fingerprint density at radius 2 is 1.90 bits per heavy atom. The van der Waals surface area contributed by atoms with Crippen LogP contribution in [0.3, 0.4) is 0 Å². The summed E-state index contributed by atoms with van der Waals surface area (Å²) in [6, 6.07) is 3.67. The van der Waals surface area contributed by atoms with Crippen LogP contribution in [0.25, 0.3) is 0 Å². The van der Waals surface area contributed by atoms with E-state index in [1.807, 2.05) is 0 Å². The molecule has 11 nitrogen and oxygen atoms in total. The Morgan fingerprint density at radius 3 is 2.55 bits per heavy atom. The molecule has 12 heteroatoms. The summed E-state index contributed by atoms with van der Waals surface area (Å²) in [6.45, 7) is 1.60. The van der Waals surface area contributed by atoms with Crippen LogP contribution in [0, 0.1) is 5.92 Å². The molecule has 3 amide bonds. The summed E-state index contributed by atoms with van der Waals surface area (Å²) in [6.07, 6.45) is -0.228. The third-order valence-corrected chi connectivity index (χ3v) is 7.53. The van der Waals surface area contributed by atoms with E-state index in [1.54, 1.807) is 18.2 Å². The first-order valence-corrected chi connectivity index (χ1v) is 11.2. The first-order chi connectivity index (χ1) is 14.5. The molecule has 2 aliphatic heterocycles. The number of nitrogens with one attached hydrogen (secondary N) is 2. The maximum absolute atomic E-state index is 12.9. The van der Waals surface area contributed by atoms with Gasteiger partial charge in [0.25, 0.3) is 0 Å². The number of benzene rings is 1. The van der Waals surface area contributed by atoms with Gasteiger partial charge in [-0.3, -0.25) is 19.2 Å². The molecule has 5 N–H and O–H groups in total. The molecule has 1 fully saturated rings. The van der Waals surface area contributed by atoms with Gasteiger partial charge < -0.3 is 21.5 Å². The normalized spacial score (nSPS) is 23.3. The maximum Gasteiger partial charge on any atom is 0.303 e. The molecule has 0 radical (unpaired) electrons. The highest BCUT2D eigenvalue weighted by molar-refractivity contribution is 7.89. The summed E-state index contributed by atoms with van der Waals surface area (Å²) in [7, 11) is -3.66. The number of nitrogens with zero attached hydrogens (tertiary/aromatic N) is 1. The highest BCUT2D eigenvalue weighted by Gasteiger charge is 2.52. The number of rotatable bonds is 8. The third kappa shape index (κ3) is 4.39. The van der Waals surface area contributed by atoms with Gasteiger partial charge in [-0.1, -0.05) is 18.2 Å². The Balaban J connectivity index is 1.67. The number of amides is 3. The van der Waals surface area contributed by atoms with Crippen molar-refractivity contribution in [3.8, 4) is 0 Å². The molecule has 3 rings (SSSR count). The molecule has 31 heavy (non-hydrogen) atoms. The zero-order chi connectivity index (χ0) is 22.9. The van der Waals surface area contributed by atoms with E-state index in [4.69, 9.17) is 10.8 Å². The van der Waals surface area contributed by atoms with E-state index in [2.05, 4.69) is 10.6 Å². The van der Waals surface area contributed by atoms with E-state index in [-0.39, 0.29) is 24.3 Å². The highest BCUT2D eigenvalue weighted by atomic mass is 32.2. The van der Waals surface area contributed by atoms with Crippen LogP contribution in [0.15, 0.2) is 29.2 Å². The maximum atomic E-state index is 12.9. The molecular weight excluding hydrogens is 428 g/mol. The topological polar surface area (TPSA) is 176 Å². The summed E-state index contributed by atoms with van der Waals surface area (Å²) >= 11 is 0. The summed E-state index contributed by atoms with van der Waals surface area (Å²) in [5, 5.41) is 13.6. The van der Waals surface area contributed by atoms with E-state index in [1.165, 1.54) is 17.3 Å². The predicted octanol–water partition coefficient (Wildman–Crippen LogP) is -0.908. The zero-order valence-electron chi connectivity index (χ0n) is 16.8. The van der Waals surface area contributed by atoms with Crippen molar-refractivity contribution in [3.05, 3.63) is 29.8 Å². The molecule has 0 spiro atoms. The number of carboxylic acid groups (broad SMARTS) is 1. The van der Waals surface area contributed by atoms with Gasteiger partial charge >= 0.3 is 5.97 Å². The molecular formula is C19H24N4O7S. The number of aliphatic carboxylic acids is 1. The van der Waals surface area contributed by atoms with E-state index in [9.17, 15) is 27.6 Å². The molecule has 1 aromatic rings. The van der Waals surface area contributed by atoms with Crippen LogP contribution in [0.4, 0.5) is 0 Å². The Morgan fingerprint density at radius 1 is 1.23 bits per heavy atom. The lowest BCUT2D eigenvalue weighted by molar-refractivity contribution is -0.137. The van der Waals surface area contributed by atoms with Crippen molar-refractivity contribution >= 4 is 33.7 Å². The van der Waals surface area contributed by atoms with Crippen LogP contribution in [-0.2, 0) is 29.2 Å². The van der Waals surface area contributed by atoms with Crippen LogP contribution in [0.2, 0.25) is 0 Å². The number of sulfonamides is 1. The Hall–Kier alpha value is -2.99. The summed E-state index contributed by atoms with van der Waals surface area (Å²) in [5.41, 5.74) is 5.76. The molecule has 2 unspecified atom stereocenters. The average Bonchev–Trinajstić information content (AvgIpc) is 3.24. The second-order valence-electron chi connectivity index (χ2n) is 7.62. The van der Waals surface area contributed by atoms with Gasteiger partial charge in [-0.05, 0) is 31.4 Å². The lowest BCUT2D eigenvalue weighted by atomic mass is 9.93. The molecule has 0 saturated carbocycles. The van der Waals surface area contributed by atoms with Gasteiger partial charge in [-0.15, -0.1) is 0 Å². The Kier molecular flexibility index (Phi) is 6.32. The standard InChI is InChI=1S/C19H24N4O7S/c1-10(18(27)22-13(17(20)26)6-7-15(24)25)21-19(28)12-8-9-23-16(12)11-4-2-3-5-14(11)31(23,29)30/h2-5,10,12-13,16H,6-9H2,1H3,(H2,20,26)(H,21,28)(H,22,27)(H,24,25)/t10-,12?,13+,16?/m0/s1. The predicted molar refractivity (Wildman–Crippen MR) is 107 cm³/mol. The quantitative estimate of drug-likeness (QED) is 0.395. The largest absolute Gasteiger partial charge is 0.481 e. The fourth-order valence-electron chi connectivity index (χ4n) is 4.00. The first kappa shape index (κ1) is 22.7. The smallest absolute Gasteiger partial charge is 0.303 e. The van der Waals surface area contributed by atoms with E-state index >= 15 is 0 Å². The number of carboxylic acids is 1. The van der Waals surface area contributed by atoms with Crippen molar-refractivity contribution in [1.82, 2.24) is 14.9 Å². The van der Waals surface area contributed by atoms with Gasteiger partial charge in [0.1, 0.15) is 12.1 Å². The monoisotopic (exact) mass is 452 g/mol. The second-order valence-corrected chi connectivity index (χ2v) is 9.48. The van der Waals surface area contributed by atoms with Crippen LogP contribution >= 0.6 is 0 Å². The number of fused-ring (bicyclic) bond motifs is 3. The van der Waals surface area contributed by atoms with Crippen molar-refractivity contribution in [3.63, 3.8) is 0 Å². The van der Waals surface area contributed by atoms with Gasteiger partial charge in [0.05, 0.1) is 16.9 Å². The molecule has 168 valence electrons. The van der Waals surface area contributed by atoms with Crippen LogP contribution in [0.1, 0.15) is 37.8 Å². The molecule has 0 aliphatic carbocycles. The SMILES string of the molecule is C[C@H](NC(=O)C1CCN2C1c1ccccc1S2(=O)=O)C(=O)N[C@H](CCC(=O)O)C(N)=O. The minimum absolute atomic E-state index is 0.175. The van der Waals surface area contributed by atoms with Gasteiger partial charge in [0.15, 0.2) is 0 Å². The van der Waals surface area contributed by atoms with Crippen LogP contribution in [-0.4, -0.2) is 60.1 Å². The van der Waals surface area contributed by atoms with E-state index in [0.717, 1.165) is 0 Å². The number of primary amides is 1. The highest BCUT2D eigenvalue weighted by Crippen LogP contribution is 2.48. The third-order valence-electron chi connectivity index (χ3n) is 5.57. The summed E-state index contributed by atoms with van der Waals surface area (Å²) in [4.78, 5) is 47.6. The van der Waals surface area contributed by atoms with Crippen LogP contribution in [0.5, 0.6) is 0 Å². The second kappa shape index (κ2) is 8.63. The lowest BCUT2D eigenvalue weighted by Gasteiger charge is -2.23. The Labute approximate surface area is 179 Å². The van der Waals surface area contributed by atoms with Crippen molar-refractivity contribution in [2.75, 3.05) is 6.54 Å². The molecule has 1 aromatic carbocycles. The number of carbonyl (C=O) groups is 4. The van der Waals surface area contributed by atoms with Crippen molar-refractivity contribution in [2.45, 2.75) is 49.2 Å². The molecule has 2 aliphatic rings. The molecule has 4 atom stereocenters. The van der Waals surface area contributed by atoms with Crippen molar-refractivity contribution < 1.29 is 32.7 Å². The van der Waals surface area contributed by atoms with E-state index < -0.39 is 57.8 Å². The number of carbonyl (C=O) groups excluding carboxylic acids is 3. The van der Waals surface area contributed by atoms with Gasteiger partial charge in [0.2, 0.25) is 27.7 Å². The molecule has 0 bridgehead atoms. The van der Waals surface area contributed by atoms with Crippen molar-refractivity contribution in [2.24, 2.45) is 11.7 Å². The minimum atomic E-state index is -3.66. The van der Waals surface area contributed by atoms with Crippen molar-refractivity contribution in [1.29, 1.82) is 0 Å². The Bertz CT molecular complexity index is 1030. The number of nitrogens with two attached hydrogens (primary N) is 1. The summed E-state index contributed by atoms with van der Waals surface area (Å²) in [5.74, 6) is -3.88. The van der Waals surface area contributed by atoms with Crippen LogP contribution < -0.4 is 16.4 Å². The molecule has 1 saturated heterocycles. The fourth-order valence-corrected chi connectivity index (χ4v) is 5.90. The van der Waals surface area contributed by atoms with Gasteiger partial charge in [0, 0.05) is 13.0 Å². The average molecular weight is 452 g/mol. The molecule has 0 aromatic heterocycles. The number of hydrogen-bond acceptors (Lipinski definition) is 6. The lowest BCUT2D eigenvalue weighted by Crippen LogP contribution is -2.52. The van der Waals surface area contributed by atoms with E-state index in [0.29, 0.717) is 12.0 Å². The van der Waals surface area contributed by atoms with Gasteiger partial charge in [-0.25, -0.2) is 8.42 Å². The number of hydrogen-bond donors (Lipinski definition) is 4. The van der Waals surface area contributed by atoms with Gasteiger partial charge in [-0.2, -0.15) is 4.31 Å². The fraction of sp³-hybridized carbons (Fsp3) is 0.474. The first-order valence-electron chi connectivity index (χ1n) is 9.76. The summed E-state index contributed by atoms with van der Waals surface area (Å²) < 4.78 is 26.7. The molecule has 2 heterocycles. The zero-order valence-corrected chi connectivity index (χ0v) is 17.6.